The van der Waals surface area contributed by atoms with E-state index in [4.69, 9.17) is 0 Å². The summed E-state index contributed by atoms with van der Waals surface area (Å²) in [6.07, 6.45) is 4.02. The number of nitrogens with one attached hydrogen (secondary N) is 2. The Morgan fingerprint density at radius 1 is 1.05 bits per heavy atom. The molecule has 4 heteroatoms. The van der Waals surface area contributed by atoms with Crippen LogP contribution in [0, 0.1) is 5.92 Å². The highest BCUT2D eigenvalue weighted by molar-refractivity contribution is 5.59. The number of hydrogen-bond acceptors (Lipinski definition) is 4. The lowest BCUT2D eigenvalue weighted by Crippen LogP contribution is -2.21. The molecule has 2 unspecified atom stereocenters. The van der Waals surface area contributed by atoms with E-state index in [1.807, 2.05) is 0 Å². The predicted octanol–water partition coefficient (Wildman–Crippen LogP) is 4.27. The van der Waals surface area contributed by atoms with Gasteiger partial charge in [0, 0.05) is 18.2 Å². The van der Waals surface area contributed by atoms with Gasteiger partial charge >= 0.3 is 0 Å². The molecule has 0 aliphatic carbocycles. The highest BCUT2D eigenvalue weighted by Crippen LogP contribution is 2.29. The monoisotopic (exact) mass is 278 g/mol. The van der Waals surface area contributed by atoms with Crippen LogP contribution in [-0.2, 0) is 0 Å². The topological polar surface area (TPSA) is 49.8 Å². The Hall–Kier alpha value is -1.32. The summed E-state index contributed by atoms with van der Waals surface area (Å²) < 4.78 is 0. The molecule has 0 radical (unpaired) electrons. The first-order valence-electron chi connectivity index (χ1n) is 7.84. The maximum Gasteiger partial charge on any atom is 0.135 e. The molecular formula is C16H30N4. The van der Waals surface area contributed by atoms with Crippen molar-refractivity contribution in [2.45, 2.75) is 66.3 Å². The van der Waals surface area contributed by atoms with Crippen molar-refractivity contribution < 1.29 is 0 Å². The number of hydrogen-bond donors (Lipinski definition) is 2. The van der Waals surface area contributed by atoms with Crippen LogP contribution in [0.5, 0.6) is 0 Å². The molecule has 0 bridgehead atoms. The molecule has 0 spiro atoms. The first-order valence-corrected chi connectivity index (χ1v) is 7.84. The zero-order chi connectivity index (χ0) is 15.1. The zero-order valence-corrected chi connectivity index (χ0v) is 13.8. The Morgan fingerprint density at radius 2 is 1.70 bits per heavy atom. The first kappa shape index (κ1) is 16.7. The summed E-state index contributed by atoms with van der Waals surface area (Å²) in [6.45, 7) is 14.1. The van der Waals surface area contributed by atoms with E-state index in [0.717, 1.165) is 30.5 Å². The lowest BCUT2D eigenvalue weighted by molar-refractivity contribution is 0.483. The van der Waals surface area contributed by atoms with Gasteiger partial charge in [-0.05, 0) is 32.1 Å². The van der Waals surface area contributed by atoms with Gasteiger partial charge in [0.2, 0.25) is 0 Å². The van der Waals surface area contributed by atoms with E-state index in [-0.39, 0.29) is 0 Å². The summed E-state index contributed by atoms with van der Waals surface area (Å²) in [6, 6.07) is 0.423. The average molecular weight is 278 g/mol. The third-order valence-electron chi connectivity index (χ3n) is 3.64. The number of aromatic nitrogens is 2. The number of rotatable bonds is 8. The van der Waals surface area contributed by atoms with Gasteiger partial charge in [-0.1, -0.05) is 34.1 Å². The molecule has 0 amide bonds. The lowest BCUT2D eigenvalue weighted by atomic mass is 9.99. The van der Waals surface area contributed by atoms with Gasteiger partial charge in [0.1, 0.15) is 18.0 Å². The smallest absolute Gasteiger partial charge is 0.135 e. The van der Waals surface area contributed by atoms with Crippen molar-refractivity contribution in [1.29, 1.82) is 0 Å². The summed E-state index contributed by atoms with van der Waals surface area (Å²) in [5, 5.41) is 6.90. The van der Waals surface area contributed by atoms with Gasteiger partial charge in [-0.25, -0.2) is 9.97 Å². The molecule has 0 fully saturated rings. The maximum absolute atomic E-state index is 4.45. The Labute approximate surface area is 123 Å². The Bertz CT molecular complexity index is 403. The summed E-state index contributed by atoms with van der Waals surface area (Å²) in [7, 11) is 0. The average Bonchev–Trinajstić information content (AvgIpc) is 2.38. The van der Waals surface area contributed by atoms with E-state index < -0.39 is 0 Å². The molecule has 20 heavy (non-hydrogen) atoms. The van der Waals surface area contributed by atoms with E-state index in [1.54, 1.807) is 6.33 Å². The number of anilines is 2. The minimum absolute atomic E-state index is 0.392. The largest absolute Gasteiger partial charge is 0.370 e. The van der Waals surface area contributed by atoms with Crippen LogP contribution in [0.1, 0.15) is 65.9 Å². The van der Waals surface area contributed by atoms with Crippen molar-refractivity contribution in [3.05, 3.63) is 11.9 Å². The molecule has 2 N–H and O–H groups in total. The minimum atomic E-state index is 0.392. The number of nitrogens with zero attached hydrogens (tertiary/aromatic N) is 2. The first-order chi connectivity index (χ1) is 9.49. The van der Waals surface area contributed by atoms with Crippen LogP contribution in [0.15, 0.2) is 6.33 Å². The van der Waals surface area contributed by atoms with Crippen molar-refractivity contribution in [1.82, 2.24) is 9.97 Å². The van der Waals surface area contributed by atoms with Gasteiger partial charge in [-0.3, -0.25) is 0 Å². The molecule has 0 saturated heterocycles. The van der Waals surface area contributed by atoms with Crippen molar-refractivity contribution in [3.63, 3.8) is 0 Å². The summed E-state index contributed by atoms with van der Waals surface area (Å²) >= 11 is 0. The van der Waals surface area contributed by atoms with Crippen molar-refractivity contribution in [3.8, 4) is 0 Å². The van der Waals surface area contributed by atoms with Crippen molar-refractivity contribution >= 4 is 11.6 Å². The van der Waals surface area contributed by atoms with Crippen molar-refractivity contribution in [2.75, 3.05) is 17.2 Å². The molecule has 1 rings (SSSR count). The van der Waals surface area contributed by atoms with Gasteiger partial charge < -0.3 is 10.6 Å². The third-order valence-corrected chi connectivity index (χ3v) is 3.64. The quantitative estimate of drug-likeness (QED) is 0.745. The maximum atomic E-state index is 4.45. The van der Waals surface area contributed by atoms with Crippen LogP contribution in [0.25, 0.3) is 0 Å². The zero-order valence-electron chi connectivity index (χ0n) is 13.8. The molecule has 0 aliphatic heterocycles. The predicted molar refractivity (Wildman–Crippen MR) is 87.4 cm³/mol. The summed E-state index contributed by atoms with van der Waals surface area (Å²) in [5.41, 5.74) is 1.19. The van der Waals surface area contributed by atoms with Crippen LogP contribution < -0.4 is 10.6 Å². The SMILES string of the molecule is CCNc1ncnc(NC(C)CC(C)CC)c1C(C)C. The fourth-order valence-electron chi connectivity index (χ4n) is 2.43. The Balaban J connectivity index is 2.90. The van der Waals surface area contributed by atoms with E-state index in [2.05, 4.69) is 62.1 Å². The Morgan fingerprint density at radius 3 is 2.25 bits per heavy atom. The van der Waals surface area contributed by atoms with Gasteiger partial charge in [-0.2, -0.15) is 0 Å². The van der Waals surface area contributed by atoms with E-state index in [9.17, 15) is 0 Å². The van der Waals surface area contributed by atoms with E-state index in [1.165, 1.54) is 12.0 Å². The fourth-order valence-corrected chi connectivity index (χ4v) is 2.43. The molecule has 1 aromatic heterocycles. The summed E-state index contributed by atoms with van der Waals surface area (Å²) in [4.78, 5) is 8.83. The van der Waals surface area contributed by atoms with Gasteiger partial charge in [0.15, 0.2) is 0 Å². The molecular weight excluding hydrogens is 248 g/mol. The van der Waals surface area contributed by atoms with Crippen LogP contribution in [0.4, 0.5) is 11.6 Å². The second kappa shape index (κ2) is 8.08. The van der Waals surface area contributed by atoms with Gasteiger partial charge in [-0.15, -0.1) is 0 Å². The van der Waals surface area contributed by atoms with Gasteiger partial charge in [0.25, 0.3) is 0 Å². The summed E-state index contributed by atoms with van der Waals surface area (Å²) in [5.74, 6) is 3.05. The van der Waals surface area contributed by atoms with Crippen molar-refractivity contribution in [2.24, 2.45) is 5.92 Å². The Kier molecular flexibility index (Phi) is 6.76. The fraction of sp³-hybridized carbons (Fsp3) is 0.750. The van der Waals surface area contributed by atoms with E-state index in [0.29, 0.717) is 12.0 Å². The molecule has 1 heterocycles. The second-order valence-corrected chi connectivity index (χ2v) is 5.96. The second-order valence-electron chi connectivity index (χ2n) is 5.96. The molecule has 0 aliphatic rings. The molecule has 114 valence electrons. The normalized spacial score (nSPS) is 14.2. The van der Waals surface area contributed by atoms with Crippen LogP contribution in [-0.4, -0.2) is 22.6 Å². The third kappa shape index (κ3) is 4.66. The standard InChI is InChI=1S/C16H30N4/c1-7-12(5)9-13(6)20-16-14(11(3)4)15(17-8-2)18-10-19-16/h10-13H,7-9H2,1-6H3,(H2,17,18,19,20). The molecule has 2 atom stereocenters. The molecule has 0 saturated carbocycles. The molecule has 0 aromatic carbocycles. The molecule has 4 nitrogen and oxygen atoms in total. The highest BCUT2D eigenvalue weighted by Gasteiger charge is 2.16. The van der Waals surface area contributed by atoms with Crippen LogP contribution in [0.2, 0.25) is 0 Å². The lowest BCUT2D eigenvalue weighted by Gasteiger charge is -2.22. The van der Waals surface area contributed by atoms with Crippen LogP contribution >= 0.6 is 0 Å². The molecule has 1 aromatic rings. The highest BCUT2D eigenvalue weighted by atomic mass is 15.1. The van der Waals surface area contributed by atoms with E-state index >= 15 is 0 Å². The van der Waals surface area contributed by atoms with Gasteiger partial charge in [0.05, 0.1) is 0 Å². The van der Waals surface area contributed by atoms with Crippen LogP contribution in [0.3, 0.4) is 0 Å². The minimum Gasteiger partial charge on any atom is -0.370 e.